The van der Waals surface area contributed by atoms with Crippen molar-refractivity contribution in [3.63, 3.8) is 0 Å². The van der Waals surface area contributed by atoms with Crippen LogP contribution >= 0.6 is 11.3 Å². The van der Waals surface area contributed by atoms with E-state index in [4.69, 9.17) is 4.99 Å². The van der Waals surface area contributed by atoms with Gasteiger partial charge in [-0.05, 0) is 31.2 Å². The Morgan fingerprint density at radius 3 is 2.45 bits per heavy atom. The average Bonchev–Trinajstić information content (AvgIpc) is 3.14. The Morgan fingerprint density at radius 2 is 1.83 bits per heavy atom. The van der Waals surface area contributed by atoms with Gasteiger partial charge < -0.3 is 15.1 Å². The molecule has 2 saturated heterocycles. The molecule has 3 rings (SSSR count). The molecule has 0 aromatic carbocycles. The fourth-order valence-electron chi connectivity index (χ4n) is 4.04. The number of thiophene rings is 1. The third-order valence-corrected chi connectivity index (χ3v) is 6.97. The minimum Gasteiger partial charge on any atom is -0.357 e. The van der Waals surface area contributed by atoms with E-state index in [1.54, 1.807) is 11.3 Å². The van der Waals surface area contributed by atoms with Crippen molar-refractivity contribution < 1.29 is 4.79 Å². The minimum absolute atomic E-state index is 0.311. The molecule has 1 aromatic heterocycles. The molecule has 2 aliphatic rings. The van der Waals surface area contributed by atoms with Crippen LogP contribution in [-0.2, 0) is 4.79 Å². The van der Waals surface area contributed by atoms with Crippen molar-refractivity contribution in [2.75, 3.05) is 58.9 Å². The second-order valence-electron chi connectivity index (χ2n) is 8.17. The third-order valence-electron chi connectivity index (χ3n) is 5.87. The van der Waals surface area contributed by atoms with Crippen LogP contribution < -0.4 is 5.32 Å². The van der Waals surface area contributed by atoms with Gasteiger partial charge in [0.2, 0.25) is 5.91 Å². The predicted molar refractivity (Wildman–Crippen MR) is 122 cm³/mol. The number of carbonyl (C=O) groups is 1. The van der Waals surface area contributed by atoms with E-state index in [1.807, 2.05) is 0 Å². The maximum atomic E-state index is 12.7. The highest BCUT2D eigenvalue weighted by Gasteiger charge is 2.23. The Hall–Kier alpha value is -1.60. The number of piperazine rings is 1. The second kappa shape index (κ2) is 11.6. The van der Waals surface area contributed by atoms with Gasteiger partial charge >= 0.3 is 0 Å². The Morgan fingerprint density at radius 1 is 1.10 bits per heavy atom. The molecule has 0 aliphatic carbocycles. The van der Waals surface area contributed by atoms with E-state index in [9.17, 15) is 4.79 Å². The SMILES string of the molecule is CCNC(=NCC(C)c1cccs1)N1CCN(CC(=O)N2CCCCCC2)CC1. The first-order valence-electron chi connectivity index (χ1n) is 11.2. The molecule has 3 heterocycles. The summed E-state index contributed by atoms with van der Waals surface area (Å²) in [6, 6.07) is 4.30. The summed E-state index contributed by atoms with van der Waals surface area (Å²) in [5.41, 5.74) is 0. The first-order chi connectivity index (χ1) is 14.2. The Kier molecular flexibility index (Phi) is 8.80. The van der Waals surface area contributed by atoms with E-state index in [1.165, 1.54) is 17.7 Å². The highest BCUT2D eigenvalue weighted by Crippen LogP contribution is 2.21. The number of rotatable bonds is 6. The number of hydrogen-bond acceptors (Lipinski definition) is 4. The molecule has 0 radical (unpaired) electrons. The van der Waals surface area contributed by atoms with Gasteiger partial charge in [-0.2, -0.15) is 0 Å². The van der Waals surface area contributed by atoms with Crippen LogP contribution in [0, 0.1) is 0 Å². The summed E-state index contributed by atoms with van der Waals surface area (Å²) in [5, 5.41) is 5.58. The minimum atomic E-state index is 0.311. The molecular formula is C22H37N5OS. The summed E-state index contributed by atoms with van der Waals surface area (Å²) in [6.07, 6.45) is 4.85. The highest BCUT2D eigenvalue weighted by molar-refractivity contribution is 7.10. The van der Waals surface area contributed by atoms with E-state index in [0.717, 1.165) is 71.2 Å². The van der Waals surface area contributed by atoms with Gasteiger partial charge in [0.1, 0.15) is 0 Å². The Bertz CT molecular complexity index is 632. The molecule has 1 N–H and O–H groups in total. The van der Waals surface area contributed by atoms with Crippen molar-refractivity contribution >= 4 is 23.2 Å². The molecule has 7 heteroatoms. The molecule has 1 atom stereocenters. The van der Waals surface area contributed by atoms with Crippen LogP contribution in [0.15, 0.2) is 22.5 Å². The van der Waals surface area contributed by atoms with Gasteiger partial charge in [0.15, 0.2) is 5.96 Å². The van der Waals surface area contributed by atoms with Crippen molar-refractivity contribution in [1.82, 2.24) is 20.0 Å². The number of amides is 1. The molecule has 1 amide bonds. The van der Waals surface area contributed by atoms with Crippen molar-refractivity contribution in [2.24, 2.45) is 4.99 Å². The van der Waals surface area contributed by atoms with Gasteiger partial charge in [0.25, 0.3) is 0 Å². The van der Waals surface area contributed by atoms with Crippen molar-refractivity contribution in [3.05, 3.63) is 22.4 Å². The number of nitrogens with zero attached hydrogens (tertiary/aromatic N) is 4. The number of hydrogen-bond donors (Lipinski definition) is 1. The smallest absolute Gasteiger partial charge is 0.236 e. The van der Waals surface area contributed by atoms with Gasteiger partial charge in [-0.15, -0.1) is 11.3 Å². The normalized spacial score (nSPS) is 20.4. The van der Waals surface area contributed by atoms with Gasteiger partial charge in [-0.3, -0.25) is 14.7 Å². The third kappa shape index (κ3) is 6.71. The van der Waals surface area contributed by atoms with Crippen molar-refractivity contribution in [1.29, 1.82) is 0 Å². The molecule has 0 bridgehead atoms. The van der Waals surface area contributed by atoms with Gasteiger partial charge in [0, 0.05) is 56.6 Å². The number of nitrogens with one attached hydrogen (secondary N) is 1. The van der Waals surface area contributed by atoms with Crippen molar-refractivity contribution in [2.45, 2.75) is 45.4 Å². The first kappa shape index (κ1) is 22.1. The lowest BCUT2D eigenvalue weighted by Crippen LogP contribution is -2.54. The Balaban J connectivity index is 1.47. The summed E-state index contributed by atoms with van der Waals surface area (Å²) in [5.74, 6) is 1.76. The molecule has 162 valence electrons. The number of guanidine groups is 1. The summed E-state index contributed by atoms with van der Waals surface area (Å²) < 4.78 is 0. The second-order valence-corrected chi connectivity index (χ2v) is 9.15. The maximum absolute atomic E-state index is 12.7. The van der Waals surface area contributed by atoms with Gasteiger partial charge in [-0.1, -0.05) is 25.8 Å². The standard InChI is InChI=1S/C22H37N5OS/c1-3-23-22(24-17-19(2)20-9-8-16-29-20)27-14-12-25(13-15-27)18-21(28)26-10-6-4-5-7-11-26/h8-9,16,19H,3-7,10-15,17-18H2,1-2H3,(H,23,24). The monoisotopic (exact) mass is 419 g/mol. The topological polar surface area (TPSA) is 51.2 Å². The lowest BCUT2D eigenvalue weighted by Gasteiger charge is -2.37. The van der Waals surface area contributed by atoms with E-state index < -0.39 is 0 Å². The Labute approximate surface area is 180 Å². The van der Waals surface area contributed by atoms with E-state index in [2.05, 4.69) is 51.4 Å². The molecule has 2 fully saturated rings. The summed E-state index contributed by atoms with van der Waals surface area (Å²) in [6.45, 7) is 12.2. The quantitative estimate of drug-likeness (QED) is 0.569. The fraction of sp³-hybridized carbons (Fsp3) is 0.727. The molecule has 0 saturated carbocycles. The van der Waals surface area contributed by atoms with Crippen LogP contribution in [-0.4, -0.2) is 85.5 Å². The number of carbonyl (C=O) groups excluding carboxylic acids is 1. The molecule has 1 aromatic rings. The molecule has 6 nitrogen and oxygen atoms in total. The summed E-state index contributed by atoms with van der Waals surface area (Å²) in [4.78, 5) is 25.7. The van der Waals surface area contributed by atoms with Crippen molar-refractivity contribution in [3.8, 4) is 0 Å². The lowest BCUT2D eigenvalue weighted by atomic mass is 10.1. The lowest BCUT2D eigenvalue weighted by molar-refractivity contribution is -0.132. The van der Waals surface area contributed by atoms with Crippen LogP contribution in [0.5, 0.6) is 0 Å². The van der Waals surface area contributed by atoms with Crippen LogP contribution in [0.3, 0.4) is 0 Å². The summed E-state index contributed by atoms with van der Waals surface area (Å²) >= 11 is 1.80. The zero-order valence-electron chi connectivity index (χ0n) is 18.1. The zero-order chi connectivity index (χ0) is 20.5. The number of aliphatic imine (C=N–C) groups is 1. The number of likely N-dealkylation sites (tertiary alicyclic amines) is 1. The molecular weight excluding hydrogens is 382 g/mol. The average molecular weight is 420 g/mol. The summed E-state index contributed by atoms with van der Waals surface area (Å²) in [7, 11) is 0. The maximum Gasteiger partial charge on any atom is 0.236 e. The molecule has 0 spiro atoms. The van der Waals surface area contributed by atoms with Crippen LogP contribution in [0.2, 0.25) is 0 Å². The highest BCUT2D eigenvalue weighted by atomic mass is 32.1. The molecule has 2 aliphatic heterocycles. The van der Waals surface area contributed by atoms with Gasteiger partial charge in [-0.25, -0.2) is 0 Å². The zero-order valence-corrected chi connectivity index (χ0v) is 18.9. The van der Waals surface area contributed by atoms with Crippen LogP contribution in [0.25, 0.3) is 0 Å². The fourth-order valence-corrected chi connectivity index (χ4v) is 4.82. The van der Waals surface area contributed by atoms with E-state index in [-0.39, 0.29) is 0 Å². The largest absolute Gasteiger partial charge is 0.357 e. The molecule has 1 unspecified atom stereocenters. The molecule has 29 heavy (non-hydrogen) atoms. The van der Waals surface area contributed by atoms with Crippen LogP contribution in [0.4, 0.5) is 0 Å². The van der Waals surface area contributed by atoms with E-state index in [0.29, 0.717) is 18.4 Å². The predicted octanol–water partition coefficient (Wildman–Crippen LogP) is 2.84. The van der Waals surface area contributed by atoms with Crippen LogP contribution in [0.1, 0.15) is 50.3 Å². The van der Waals surface area contributed by atoms with Gasteiger partial charge in [0.05, 0.1) is 13.1 Å². The van der Waals surface area contributed by atoms with E-state index >= 15 is 0 Å². The first-order valence-corrected chi connectivity index (χ1v) is 12.1.